The van der Waals surface area contributed by atoms with Gasteiger partial charge in [0.25, 0.3) is 0 Å². The van der Waals surface area contributed by atoms with Crippen LogP contribution in [0.4, 0.5) is 13.2 Å². The van der Waals surface area contributed by atoms with Gasteiger partial charge in [-0.05, 0) is 29.8 Å². The molecule has 0 aliphatic carbocycles. The summed E-state index contributed by atoms with van der Waals surface area (Å²) in [5.41, 5.74) is -0.755. The highest BCUT2D eigenvalue weighted by molar-refractivity contribution is 6.30. The van der Waals surface area contributed by atoms with Crippen LogP contribution in [-0.4, -0.2) is 5.11 Å². The molecule has 0 amide bonds. The lowest BCUT2D eigenvalue weighted by molar-refractivity contribution is -0.137. The largest absolute Gasteiger partial charge is 0.507 e. The zero-order valence-electron chi connectivity index (χ0n) is 9.00. The van der Waals surface area contributed by atoms with Crippen LogP contribution in [0, 0.1) is 0 Å². The van der Waals surface area contributed by atoms with Gasteiger partial charge in [-0.3, -0.25) is 0 Å². The zero-order chi connectivity index (χ0) is 13.3. The molecule has 94 valence electrons. The monoisotopic (exact) mass is 272 g/mol. The summed E-state index contributed by atoms with van der Waals surface area (Å²) in [5, 5.41) is 9.95. The highest BCUT2D eigenvalue weighted by Crippen LogP contribution is 2.40. The van der Waals surface area contributed by atoms with E-state index in [-0.39, 0.29) is 21.9 Å². The van der Waals surface area contributed by atoms with Gasteiger partial charge < -0.3 is 5.11 Å². The second-order valence-electron chi connectivity index (χ2n) is 3.70. The Hall–Kier alpha value is -1.68. The van der Waals surface area contributed by atoms with Crippen molar-refractivity contribution in [3.63, 3.8) is 0 Å². The fraction of sp³-hybridized carbons (Fsp3) is 0.0769. The third-order valence-electron chi connectivity index (χ3n) is 2.48. The van der Waals surface area contributed by atoms with Gasteiger partial charge in [0.05, 0.1) is 5.56 Å². The topological polar surface area (TPSA) is 20.2 Å². The number of halogens is 4. The lowest BCUT2D eigenvalue weighted by atomic mass is 9.98. The first-order chi connectivity index (χ1) is 8.39. The third kappa shape index (κ3) is 2.43. The van der Waals surface area contributed by atoms with Crippen molar-refractivity contribution in [2.45, 2.75) is 6.18 Å². The molecule has 2 rings (SSSR count). The molecule has 1 nitrogen and oxygen atoms in total. The molecule has 0 saturated carbocycles. The number of phenolic OH excluding ortho intramolecular Hbond substituents is 1. The molecule has 2 aromatic rings. The summed E-state index contributed by atoms with van der Waals surface area (Å²) in [5.74, 6) is -0.279. The fourth-order valence-corrected chi connectivity index (χ4v) is 1.86. The van der Waals surface area contributed by atoms with Crippen LogP contribution in [0.2, 0.25) is 5.02 Å². The first kappa shape index (κ1) is 12.8. The van der Waals surface area contributed by atoms with E-state index in [1.807, 2.05) is 0 Å². The summed E-state index contributed by atoms with van der Waals surface area (Å²) in [6.07, 6.45) is -4.47. The molecule has 0 saturated heterocycles. The Kier molecular flexibility index (Phi) is 3.22. The highest BCUT2D eigenvalue weighted by Gasteiger charge is 2.33. The van der Waals surface area contributed by atoms with Crippen molar-refractivity contribution in [2.75, 3.05) is 0 Å². The Morgan fingerprint density at radius 1 is 0.944 bits per heavy atom. The number of aromatic hydroxyl groups is 1. The first-order valence-electron chi connectivity index (χ1n) is 5.04. The molecule has 0 aliphatic rings. The van der Waals surface area contributed by atoms with E-state index in [4.69, 9.17) is 11.6 Å². The van der Waals surface area contributed by atoms with Gasteiger partial charge in [0.1, 0.15) is 5.75 Å². The highest BCUT2D eigenvalue weighted by atomic mass is 35.5. The van der Waals surface area contributed by atoms with Crippen molar-refractivity contribution in [1.29, 1.82) is 0 Å². The Morgan fingerprint density at radius 2 is 1.61 bits per heavy atom. The molecule has 0 heterocycles. The number of hydrogen-bond donors (Lipinski definition) is 1. The molecule has 18 heavy (non-hydrogen) atoms. The Balaban J connectivity index is 2.64. The lowest BCUT2D eigenvalue weighted by Gasteiger charge is -2.13. The van der Waals surface area contributed by atoms with E-state index >= 15 is 0 Å². The van der Waals surface area contributed by atoms with Crippen LogP contribution in [-0.2, 0) is 6.18 Å². The van der Waals surface area contributed by atoms with Crippen LogP contribution in [0.15, 0.2) is 42.5 Å². The van der Waals surface area contributed by atoms with Crippen molar-refractivity contribution >= 4 is 11.6 Å². The zero-order valence-corrected chi connectivity index (χ0v) is 9.76. The standard InChI is InChI=1S/C13H8ClF3O/c14-8-5-6-10(12(18)7-8)9-3-1-2-4-11(9)13(15,16)17/h1-7,18H. The minimum absolute atomic E-state index is 0.0702. The van der Waals surface area contributed by atoms with Crippen LogP contribution in [0.1, 0.15) is 5.56 Å². The minimum atomic E-state index is -4.47. The van der Waals surface area contributed by atoms with E-state index in [9.17, 15) is 18.3 Å². The summed E-state index contributed by atoms with van der Waals surface area (Å²) in [6.45, 7) is 0. The van der Waals surface area contributed by atoms with Gasteiger partial charge in [0.2, 0.25) is 0 Å². The molecule has 0 fully saturated rings. The van der Waals surface area contributed by atoms with E-state index < -0.39 is 11.7 Å². The Morgan fingerprint density at radius 3 is 2.22 bits per heavy atom. The molecule has 1 N–H and O–H groups in total. The lowest BCUT2D eigenvalue weighted by Crippen LogP contribution is -2.06. The summed E-state index contributed by atoms with van der Waals surface area (Å²) in [6, 6.07) is 9.09. The molecule has 0 radical (unpaired) electrons. The number of hydrogen-bond acceptors (Lipinski definition) is 1. The second-order valence-corrected chi connectivity index (χ2v) is 4.14. The molecular formula is C13H8ClF3O. The molecule has 0 bridgehead atoms. The smallest absolute Gasteiger partial charge is 0.417 e. The van der Waals surface area contributed by atoms with Crippen molar-refractivity contribution < 1.29 is 18.3 Å². The number of benzene rings is 2. The van der Waals surface area contributed by atoms with E-state index in [0.717, 1.165) is 6.07 Å². The first-order valence-corrected chi connectivity index (χ1v) is 5.42. The number of alkyl halides is 3. The Labute approximate surface area is 106 Å². The maximum atomic E-state index is 12.8. The average molecular weight is 273 g/mol. The molecule has 5 heteroatoms. The van der Waals surface area contributed by atoms with Gasteiger partial charge in [-0.15, -0.1) is 0 Å². The van der Waals surface area contributed by atoms with Gasteiger partial charge in [0, 0.05) is 10.6 Å². The van der Waals surface area contributed by atoms with E-state index in [0.29, 0.717) is 0 Å². The van der Waals surface area contributed by atoms with Crippen LogP contribution < -0.4 is 0 Å². The van der Waals surface area contributed by atoms with Crippen LogP contribution in [0.25, 0.3) is 11.1 Å². The van der Waals surface area contributed by atoms with E-state index in [1.54, 1.807) is 0 Å². The SMILES string of the molecule is Oc1cc(Cl)ccc1-c1ccccc1C(F)(F)F. The molecule has 2 aromatic carbocycles. The van der Waals surface area contributed by atoms with Gasteiger partial charge in [-0.25, -0.2) is 0 Å². The summed E-state index contributed by atoms with van der Waals surface area (Å²) in [7, 11) is 0. The predicted octanol–water partition coefficient (Wildman–Crippen LogP) is 4.73. The average Bonchev–Trinajstić information content (AvgIpc) is 2.28. The molecule has 0 unspecified atom stereocenters. The van der Waals surface area contributed by atoms with E-state index in [1.165, 1.54) is 36.4 Å². The normalized spacial score (nSPS) is 11.6. The van der Waals surface area contributed by atoms with Crippen molar-refractivity contribution in [2.24, 2.45) is 0 Å². The summed E-state index contributed by atoms with van der Waals surface area (Å²) < 4.78 is 38.5. The van der Waals surface area contributed by atoms with Gasteiger partial charge in [-0.2, -0.15) is 13.2 Å². The fourth-order valence-electron chi connectivity index (χ4n) is 1.70. The van der Waals surface area contributed by atoms with Crippen LogP contribution >= 0.6 is 11.6 Å². The van der Waals surface area contributed by atoms with Gasteiger partial charge in [-0.1, -0.05) is 29.8 Å². The van der Waals surface area contributed by atoms with Crippen molar-refractivity contribution in [3.05, 3.63) is 53.1 Å². The summed E-state index contributed by atoms with van der Waals surface area (Å²) in [4.78, 5) is 0. The van der Waals surface area contributed by atoms with Crippen LogP contribution in [0.3, 0.4) is 0 Å². The predicted molar refractivity (Wildman–Crippen MR) is 63.6 cm³/mol. The van der Waals surface area contributed by atoms with Gasteiger partial charge in [0.15, 0.2) is 0 Å². The van der Waals surface area contributed by atoms with Crippen molar-refractivity contribution in [1.82, 2.24) is 0 Å². The molecule has 0 aliphatic heterocycles. The minimum Gasteiger partial charge on any atom is -0.507 e. The van der Waals surface area contributed by atoms with Crippen LogP contribution in [0.5, 0.6) is 5.75 Å². The van der Waals surface area contributed by atoms with Gasteiger partial charge >= 0.3 is 6.18 Å². The Bertz CT molecular complexity index is 579. The number of phenols is 1. The quantitative estimate of drug-likeness (QED) is 0.795. The summed E-state index contributed by atoms with van der Waals surface area (Å²) >= 11 is 5.65. The maximum Gasteiger partial charge on any atom is 0.417 e. The van der Waals surface area contributed by atoms with E-state index in [2.05, 4.69) is 0 Å². The molecular weight excluding hydrogens is 265 g/mol. The third-order valence-corrected chi connectivity index (χ3v) is 2.72. The molecule has 0 atom stereocenters. The maximum absolute atomic E-state index is 12.8. The molecule has 0 aromatic heterocycles. The van der Waals surface area contributed by atoms with Crippen molar-refractivity contribution in [3.8, 4) is 16.9 Å². The second kappa shape index (κ2) is 4.53. The molecule has 0 spiro atoms. The number of rotatable bonds is 1.